The van der Waals surface area contributed by atoms with Gasteiger partial charge in [0, 0.05) is 0 Å². The van der Waals surface area contributed by atoms with Crippen molar-refractivity contribution >= 4 is 0 Å². The first-order chi connectivity index (χ1) is 6.33. The lowest BCUT2D eigenvalue weighted by Crippen LogP contribution is -2.18. The highest BCUT2D eigenvalue weighted by molar-refractivity contribution is 5.31. The zero-order chi connectivity index (χ0) is 9.26. The zero-order valence-corrected chi connectivity index (χ0v) is 7.86. The van der Waals surface area contributed by atoms with E-state index in [1.165, 1.54) is 11.1 Å². The Kier molecular flexibility index (Phi) is 2.34. The monoisotopic (exact) mass is 177 g/mol. The van der Waals surface area contributed by atoms with Gasteiger partial charge >= 0.3 is 0 Å². The molecule has 1 aromatic carbocycles. The predicted molar refractivity (Wildman–Crippen MR) is 52.2 cm³/mol. The smallest absolute Gasteiger partial charge is 0.0870 e. The van der Waals surface area contributed by atoms with Crippen molar-refractivity contribution in [3.05, 3.63) is 35.4 Å². The molecule has 0 fully saturated rings. The molecule has 0 saturated carbocycles. The molecule has 2 atom stereocenters. The van der Waals surface area contributed by atoms with Crippen molar-refractivity contribution in [1.29, 1.82) is 0 Å². The summed E-state index contributed by atoms with van der Waals surface area (Å²) in [7, 11) is 0. The summed E-state index contributed by atoms with van der Waals surface area (Å²) >= 11 is 0. The Bertz CT molecular complexity index is 298. The van der Waals surface area contributed by atoms with Crippen molar-refractivity contribution in [1.82, 2.24) is 0 Å². The largest absolute Gasteiger partial charge is 0.368 e. The average Bonchev–Trinajstić information content (AvgIpc) is 2.60. The predicted octanol–water partition coefficient (Wildman–Crippen LogP) is 1.85. The lowest BCUT2D eigenvalue weighted by Gasteiger charge is -2.17. The Morgan fingerprint density at radius 3 is 3.08 bits per heavy atom. The summed E-state index contributed by atoms with van der Waals surface area (Å²) in [6, 6.07) is 8.37. The minimum absolute atomic E-state index is 0.209. The molecular weight excluding hydrogens is 162 g/mol. The zero-order valence-electron chi connectivity index (χ0n) is 7.86. The first-order valence-electron chi connectivity index (χ1n) is 4.72. The molecule has 1 aliphatic rings. The topological polar surface area (TPSA) is 35.2 Å². The minimum atomic E-state index is 0.209. The van der Waals surface area contributed by atoms with Crippen LogP contribution in [0.2, 0.25) is 0 Å². The van der Waals surface area contributed by atoms with Crippen molar-refractivity contribution in [3.63, 3.8) is 0 Å². The maximum atomic E-state index is 5.70. The molecule has 1 aliphatic heterocycles. The fourth-order valence-electron chi connectivity index (χ4n) is 1.81. The van der Waals surface area contributed by atoms with Crippen LogP contribution >= 0.6 is 0 Å². The molecule has 1 aromatic rings. The highest BCUT2D eigenvalue weighted by Crippen LogP contribution is 2.35. The van der Waals surface area contributed by atoms with Gasteiger partial charge in [0.2, 0.25) is 0 Å². The fraction of sp³-hybridized carbons (Fsp3) is 0.455. The first-order valence-corrected chi connectivity index (χ1v) is 4.72. The minimum Gasteiger partial charge on any atom is -0.368 e. The van der Waals surface area contributed by atoms with E-state index in [2.05, 4.69) is 31.2 Å². The van der Waals surface area contributed by atoms with Gasteiger partial charge in [0.1, 0.15) is 0 Å². The first kappa shape index (κ1) is 8.73. The second-order valence-corrected chi connectivity index (χ2v) is 3.64. The highest BCUT2D eigenvalue weighted by atomic mass is 16.5. The number of fused-ring (bicyclic) bond motifs is 1. The van der Waals surface area contributed by atoms with Gasteiger partial charge in [-0.1, -0.05) is 31.2 Å². The Morgan fingerprint density at radius 1 is 1.54 bits per heavy atom. The van der Waals surface area contributed by atoms with Crippen LogP contribution in [0.4, 0.5) is 0 Å². The van der Waals surface area contributed by atoms with Gasteiger partial charge < -0.3 is 10.5 Å². The van der Waals surface area contributed by atoms with Crippen LogP contribution < -0.4 is 5.73 Å². The molecule has 0 amide bonds. The molecule has 2 rings (SSSR count). The lowest BCUT2D eigenvalue weighted by atomic mass is 9.96. The molecule has 0 radical (unpaired) electrons. The van der Waals surface area contributed by atoms with Crippen LogP contribution in [-0.2, 0) is 11.3 Å². The summed E-state index contributed by atoms with van der Waals surface area (Å²) in [6.07, 6.45) is 0.209. The summed E-state index contributed by atoms with van der Waals surface area (Å²) in [5.74, 6) is 0.406. The SMILES string of the molecule is C[C@H](CN)C1OCc2ccccc21. The second kappa shape index (κ2) is 3.48. The van der Waals surface area contributed by atoms with Crippen LogP contribution in [0.5, 0.6) is 0 Å². The summed E-state index contributed by atoms with van der Waals surface area (Å²) in [5, 5.41) is 0. The summed E-state index contributed by atoms with van der Waals surface area (Å²) < 4.78 is 5.70. The Hall–Kier alpha value is -0.860. The number of nitrogens with two attached hydrogens (primary N) is 1. The number of hydrogen-bond acceptors (Lipinski definition) is 2. The summed E-state index contributed by atoms with van der Waals surface area (Å²) in [5.41, 5.74) is 8.26. The fourth-order valence-corrected chi connectivity index (χ4v) is 1.81. The van der Waals surface area contributed by atoms with Crippen LogP contribution in [0.1, 0.15) is 24.2 Å². The third-order valence-corrected chi connectivity index (χ3v) is 2.67. The molecule has 13 heavy (non-hydrogen) atoms. The maximum absolute atomic E-state index is 5.70. The van der Waals surface area contributed by atoms with E-state index >= 15 is 0 Å². The molecule has 0 aliphatic carbocycles. The maximum Gasteiger partial charge on any atom is 0.0870 e. The van der Waals surface area contributed by atoms with E-state index in [9.17, 15) is 0 Å². The molecule has 2 heteroatoms. The van der Waals surface area contributed by atoms with E-state index in [1.807, 2.05) is 0 Å². The van der Waals surface area contributed by atoms with E-state index in [4.69, 9.17) is 10.5 Å². The normalized spacial score (nSPS) is 22.8. The van der Waals surface area contributed by atoms with Crippen molar-refractivity contribution in [2.45, 2.75) is 19.6 Å². The average molecular weight is 177 g/mol. The van der Waals surface area contributed by atoms with Gasteiger partial charge in [0.25, 0.3) is 0 Å². The van der Waals surface area contributed by atoms with E-state index < -0.39 is 0 Å². The molecule has 2 nitrogen and oxygen atoms in total. The molecule has 0 saturated heterocycles. The standard InChI is InChI=1S/C11H15NO/c1-8(6-12)11-10-5-3-2-4-9(10)7-13-11/h2-5,8,11H,6-7,12H2,1H3/t8-,11?/m1/s1. The number of rotatable bonds is 2. The summed E-state index contributed by atoms with van der Waals surface area (Å²) in [6.45, 7) is 3.55. The molecule has 1 heterocycles. The lowest BCUT2D eigenvalue weighted by molar-refractivity contribution is 0.0312. The molecular formula is C11H15NO. The van der Waals surface area contributed by atoms with Crippen LogP contribution in [0, 0.1) is 5.92 Å². The van der Waals surface area contributed by atoms with E-state index in [0.717, 1.165) is 6.61 Å². The van der Waals surface area contributed by atoms with Gasteiger partial charge in [-0.3, -0.25) is 0 Å². The Morgan fingerprint density at radius 2 is 2.31 bits per heavy atom. The van der Waals surface area contributed by atoms with Crippen molar-refractivity contribution < 1.29 is 4.74 Å². The highest BCUT2D eigenvalue weighted by Gasteiger charge is 2.26. The molecule has 0 bridgehead atoms. The Balaban J connectivity index is 2.28. The number of benzene rings is 1. The molecule has 0 spiro atoms. The van der Waals surface area contributed by atoms with E-state index in [-0.39, 0.29) is 6.10 Å². The van der Waals surface area contributed by atoms with Gasteiger partial charge in [0.15, 0.2) is 0 Å². The van der Waals surface area contributed by atoms with Crippen LogP contribution in [0.15, 0.2) is 24.3 Å². The third kappa shape index (κ3) is 1.47. The van der Waals surface area contributed by atoms with Gasteiger partial charge in [-0.2, -0.15) is 0 Å². The Labute approximate surface area is 78.7 Å². The van der Waals surface area contributed by atoms with E-state index in [1.54, 1.807) is 0 Å². The van der Waals surface area contributed by atoms with Crippen molar-refractivity contribution in [2.75, 3.05) is 6.54 Å². The molecule has 70 valence electrons. The molecule has 0 aromatic heterocycles. The third-order valence-electron chi connectivity index (χ3n) is 2.67. The van der Waals surface area contributed by atoms with E-state index in [0.29, 0.717) is 12.5 Å². The van der Waals surface area contributed by atoms with Crippen molar-refractivity contribution in [3.8, 4) is 0 Å². The molecule has 2 N–H and O–H groups in total. The van der Waals surface area contributed by atoms with Gasteiger partial charge in [-0.25, -0.2) is 0 Å². The molecule has 1 unspecified atom stereocenters. The van der Waals surface area contributed by atoms with Crippen LogP contribution in [0.3, 0.4) is 0 Å². The quantitative estimate of drug-likeness (QED) is 0.748. The van der Waals surface area contributed by atoms with Crippen molar-refractivity contribution in [2.24, 2.45) is 11.7 Å². The van der Waals surface area contributed by atoms with Crippen LogP contribution in [-0.4, -0.2) is 6.54 Å². The number of hydrogen-bond donors (Lipinski definition) is 1. The van der Waals surface area contributed by atoms with Crippen LogP contribution in [0.25, 0.3) is 0 Å². The number of ether oxygens (including phenoxy) is 1. The van der Waals surface area contributed by atoms with Gasteiger partial charge in [-0.15, -0.1) is 0 Å². The second-order valence-electron chi connectivity index (χ2n) is 3.64. The summed E-state index contributed by atoms with van der Waals surface area (Å²) in [4.78, 5) is 0. The van der Waals surface area contributed by atoms with Gasteiger partial charge in [-0.05, 0) is 23.6 Å². The van der Waals surface area contributed by atoms with Gasteiger partial charge in [0.05, 0.1) is 12.7 Å².